The van der Waals surface area contributed by atoms with Gasteiger partial charge in [0.1, 0.15) is 5.82 Å². The molecule has 0 aliphatic carbocycles. The van der Waals surface area contributed by atoms with Gasteiger partial charge in [-0.3, -0.25) is 0 Å². The first-order valence-electron chi connectivity index (χ1n) is 5.86. The maximum Gasteiger partial charge on any atom is 0.336 e. The Hall–Kier alpha value is -2.10. The molecule has 2 rings (SSSR count). The third-order valence-electron chi connectivity index (χ3n) is 3.07. The molecular weight excluding hydrogens is 228 g/mol. The molecule has 0 aliphatic rings. The van der Waals surface area contributed by atoms with Crippen molar-refractivity contribution in [3.05, 3.63) is 35.9 Å². The van der Waals surface area contributed by atoms with E-state index < -0.39 is 5.97 Å². The van der Waals surface area contributed by atoms with Gasteiger partial charge in [0.05, 0.1) is 11.1 Å². The summed E-state index contributed by atoms with van der Waals surface area (Å²) in [6.07, 6.45) is 0. The van der Waals surface area contributed by atoms with Gasteiger partial charge >= 0.3 is 5.97 Å². The van der Waals surface area contributed by atoms with Crippen LogP contribution in [0.1, 0.15) is 24.2 Å². The van der Waals surface area contributed by atoms with Crippen LogP contribution in [0.4, 0.5) is 5.82 Å². The van der Waals surface area contributed by atoms with Crippen LogP contribution in [-0.2, 0) is 0 Å². The van der Waals surface area contributed by atoms with E-state index in [1.807, 2.05) is 44.0 Å². The van der Waals surface area contributed by atoms with E-state index in [-0.39, 0.29) is 6.04 Å². The Kier molecular flexibility index (Phi) is 3.19. The van der Waals surface area contributed by atoms with E-state index in [0.29, 0.717) is 22.3 Å². The van der Waals surface area contributed by atoms with Gasteiger partial charge in [-0.15, -0.1) is 0 Å². The van der Waals surface area contributed by atoms with Crippen LogP contribution in [0.2, 0.25) is 0 Å². The highest BCUT2D eigenvalue weighted by Gasteiger charge is 2.14. The molecule has 2 aromatic rings. The molecule has 4 nitrogen and oxygen atoms in total. The molecule has 0 unspecified atom stereocenters. The number of hydrogen-bond acceptors (Lipinski definition) is 3. The molecule has 0 radical (unpaired) electrons. The number of nitrogens with zero attached hydrogens (tertiary/aromatic N) is 2. The van der Waals surface area contributed by atoms with Crippen molar-refractivity contribution in [2.24, 2.45) is 0 Å². The zero-order valence-corrected chi connectivity index (χ0v) is 10.7. The lowest BCUT2D eigenvalue weighted by atomic mass is 10.1. The van der Waals surface area contributed by atoms with Gasteiger partial charge in [-0.2, -0.15) is 0 Å². The van der Waals surface area contributed by atoms with Gasteiger partial charge in [0.15, 0.2) is 0 Å². The van der Waals surface area contributed by atoms with E-state index in [9.17, 15) is 9.90 Å². The molecule has 0 saturated carbocycles. The second-order valence-electron chi connectivity index (χ2n) is 4.55. The summed E-state index contributed by atoms with van der Waals surface area (Å²) in [6.45, 7) is 4.08. The predicted molar refractivity (Wildman–Crippen MR) is 72.2 cm³/mol. The molecule has 0 spiro atoms. The van der Waals surface area contributed by atoms with E-state index >= 15 is 0 Å². The fourth-order valence-electron chi connectivity index (χ4n) is 1.78. The average molecular weight is 244 g/mol. The highest BCUT2D eigenvalue weighted by Crippen LogP contribution is 2.23. The monoisotopic (exact) mass is 244 g/mol. The molecule has 1 heterocycles. The molecule has 18 heavy (non-hydrogen) atoms. The molecule has 1 N–H and O–H groups in total. The molecule has 0 amide bonds. The number of para-hydroxylation sites is 1. The lowest BCUT2D eigenvalue weighted by Crippen LogP contribution is -2.26. The van der Waals surface area contributed by atoms with Gasteiger partial charge in [-0.05, 0) is 26.0 Å². The topological polar surface area (TPSA) is 53.4 Å². The van der Waals surface area contributed by atoms with Gasteiger partial charge in [-0.25, -0.2) is 9.78 Å². The fraction of sp³-hybridized carbons (Fsp3) is 0.286. The number of anilines is 1. The summed E-state index contributed by atoms with van der Waals surface area (Å²) in [5.41, 5.74) is 1.00. The van der Waals surface area contributed by atoms with E-state index in [4.69, 9.17) is 0 Å². The molecule has 1 aromatic carbocycles. The van der Waals surface area contributed by atoms with Crippen LogP contribution in [0.3, 0.4) is 0 Å². The van der Waals surface area contributed by atoms with Gasteiger partial charge in [0.25, 0.3) is 0 Å². The maximum absolute atomic E-state index is 11.3. The Balaban J connectivity index is 2.68. The molecule has 0 bridgehead atoms. The van der Waals surface area contributed by atoms with Gasteiger partial charge < -0.3 is 10.0 Å². The predicted octanol–water partition coefficient (Wildman–Crippen LogP) is 2.78. The zero-order valence-electron chi connectivity index (χ0n) is 10.7. The van der Waals surface area contributed by atoms with Crippen LogP contribution in [0, 0.1) is 0 Å². The van der Waals surface area contributed by atoms with E-state index in [1.54, 1.807) is 12.1 Å². The summed E-state index contributed by atoms with van der Waals surface area (Å²) in [5, 5.41) is 9.95. The van der Waals surface area contributed by atoms with Crippen LogP contribution in [0.25, 0.3) is 10.9 Å². The van der Waals surface area contributed by atoms with Gasteiger partial charge in [-0.1, -0.05) is 18.2 Å². The van der Waals surface area contributed by atoms with Crippen molar-refractivity contribution < 1.29 is 9.90 Å². The Morgan fingerprint density at radius 2 is 2.00 bits per heavy atom. The van der Waals surface area contributed by atoms with Crippen LogP contribution in [0.15, 0.2) is 30.3 Å². The van der Waals surface area contributed by atoms with Crippen LogP contribution < -0.4 is 4.90 Å². The second-order valence-corrected chi connectivity index (χ2v) is 4.55. The van der Waals surface area contributed by atoms with Crippen molar-refractivity contribution >= 4 is 22.7 Å². The van der Waals surface area contributed by atoms with Crippen molar-refractivity contribution in [1.82, 2.24) is 4.98 Å². The van der Waals surface area contributed by atoms with Gasteiger partial charge in [0, 0.05) is 18.5 Å². The Bertz CT molecular complexity index is 593. The number of fused-ring (bicyclic) bond motifs is 1. The average Bonchev–Trinajstić information content (AvgIpc) is 2.36. The summed E-state index contributed by atoms with van der Waals surface area (Å²) in [4.78, 5) is 17.8. The minimum absolute atomic E-state index is 0.264. The van der Waals surface area contributed by atoms with Crippen molar-refractivity contribution in [2.75, 3.05) is 11.9 Å². The highest BCUT2D eigenvalue weighted by atomic mass is 16.4. The Morgan fingerprint density at radius 3 is 2.61 bits per heavy atom. The van der Waals surface area contributed by atoms with E-state index in [2.05, 4.69) is 4.98 Å². The summed E-state index contributed by atoms with van der Waals surface area (Å²) < 4.78 is 0. The van der Waals surface area contributed by atoms with Crippen molar-refractivity contribution in [3.63, 3.8) is 0 Å². The number of benzene rings is 1. The number of carboxylic acid groups (broad SMARTS) is 1. The van der Waals surface area contributed by atoms with Crippen LogP contribution in [-0.4, -0.2) is 29.1 Å². The summed E-state index contributed by atoms with van der Waals surface area (Å²) in [6, 6.07) is 9.19. The Morgan fingerprint density at radius 1 is 1.33 bits per heavy atom. The standard InChI is InChI=1S/C14H16N2O2/c1-9(2)16(3)13-8-11(14(17)18)10-6-4-5-7-12(10)15-13/h4-9H,1-3H3,(H,17,18). The van der Waals surface area contributed by atoms with Crippen LogP contribution in [0.5, 0.6) is 0 Å². The van der Waals surface area contributed by atoms with Crippen molar-refractivity contribution in [3.8, 4) is 0 Å². The largest absolute Gasteiger partial charge is 0.478 e. The fourth-order valence-corrected chi connectivity index (χ4v) is 1.78. The highest BCUT2D eigenvalue weighted by molar-refractivity contribution is 6.03. The van der Waals surface area contributed by atoms with Crippen molar-refractivity contribution in [2.45, 2.75) is 19.9 Å². The molecule has 0 aliphatic heterocycles. The Labute approximate surface area is 106 Å². The molecule has 0 atom stereocenters. The number of pyridine rings is 1. The summed E-state index contributed by atoms with van der Waals surface area (Å²) in [5.74, 6) is -0.242. The molecule has 0 fully saturated rings. The van der Waals surface area contributed by atoms with Crippen LogP contribution >= 0.6 is 0 Å². The first-order chi connectivity index (χ1) is 8.50. The number of hydrogen-bond donors (Lipinski definition) is 1. The SMILES string of the molecule is CC(C)N(C)c1cc(C(=O)O)c2ccccc2n1. The molecular formula is C14H16N2O2. The quantitative estimate of drug-likeness (QED) is 0.902. The summed E-state index contributed by atoms with van der Waals surface area (Å²) >= 11 is 0. The summed E-state index contributed by atoms with van der Waals surface area (Å²) in [7, 11) is 1.91. The third kappa shape index (κ3) is 2.14. The van der Waals surface area contributed by atoms with Gasteiger partial charge in [0.2, 0.25) is 0 Å². The molecule has 94 valence electrons. The molecule has 0 saturated heterocycles. The third-order valence-corrected chi connectivity index (χ3v) is 3.07. The molecule has 4 heteroatoms. The number of aromatic nitrogens is 1. The first kappa shape index (κ1) is 12.4. The number of carboxylic acids is 1. The van der Waals surface area contributed by atoms with Crippen molar-refractivity contribution in [1.29, 1.82) is 0 Å². The number of carbonyl (C=O) groups is 1. The first-order valence-corrected chi connectivity index (χ1v) is 5.86. The van der Waals surface area contributed by atoms with E-state index in [0.717, 1.165) is 0 Å². The minimum Gasteiger partial charge on any atom is -0.478 e. The smallest absolute Gasteiger partial charge is 0.336 e. The lowest BCUT2D eigenvalue weighted by Gasteiger charge is -2.23. The lowest BCUT2D eigenvalue weighted by molar-refractivity contribution is 0.0699. The zero-order chi connectivity index (χ0) is 13.3. The number of rotatable bonds is 3. The molecule has 1 aromatic heterocycles. The minimum atomic E-state index is -0.924. The maximum atomic E-state index is 11.3. The van der Waals surface area contributed by atoms with E-state index in [1.165, 1.54) is 0 Å². The second kappa shape index (κ2) is 4.64. The number of aromatic carboxylic acids is 1. The normalized spacial score (nSPS) is 10.9.